The Hall–Kier alpha value is -1.80. The van der Waals surface area contributed by atoms with Gasteiger partial charge in [-0.25, -0.2) is 0 Å². The van der Waals surface area contributed by atoms with Crippen LogP contribution in [0, 0.1) is 13.8 Å². The third kappa shape index (κ3) is 4.33. The number of nitrogens with zero attached hydrogens (tertiary/aromatic N) is 1. The van der Waals surface area contributed by atoms with Gasteiger partial charge >= 0.3 is 0 Å². The van der Waals surface area contributed by atoms with E-state index in [9.17, 15) is 0 Å². The molecule has 0 aliphatic carbocycles. The lowest BCUT2D eigenvalue weighted by molar-refractivity contribution is 0.791. The Morgan fingerprint density at radius 2 is 1.62 bits per heavy atom. The van der Waals surface area contributed by atoms with Crippen LogP contribution in [0.15, 0.2) is 42.5 Å². The number of hydrogen-bond donors (Lipinski definition) is 1. The molecule has 0 spiro atoms. The monoisotopic (exact) mass is 282 g/mol. The van der Waals surface area contributed by atoms with Crippen molar-refractivity contribution in [3.63, 3.8) is 0 Å². The van der Waals surface area contributed by atoms with Crippen LogP contribution in [0.2, 0.25) is 0 Å². The first-order valence-electron chi connectivity index (χ1n) is 7.61. The molecule has 0 aromatic heterocycles. The zero-order valence-electron chi connectivity index (χ0n) is 13.6. The minimum atomic E-state index is 0.941. The molecule has 0 bridgehead atoms. The first-order chi connectivity index (χ1) is 10.1. The van der Waals surface area contributed by atoms with Gasteiger partial charge in [0.25, 0.3) is 0 Å². The molecule has 112 valence electrons. The van der Waals surface area contributed by atoms with Crippen molar-refractivity contribution in [2.24, 2.45) is 0 Å². The van der Waals surface area contributed by atoms with Crippen LogP contribution in [0.5, 0.6) is 0 Å². The Bertz CT molecular complexity index is 573. The molecule has 0 unspecified atom stereocenters. The summed E-state index contributed by atoms with van der Waals surface area (Å²) >= 11 is 0. The quantitative estimate of drug-likeness (QED) is 0.869. The Morgan fingerprint density at radius 3 is 2.24 bits per heavy atom. The molecule has 0 aliphatic rings. The normalized spacial score (nSPS) is 10.7. The molecule has 2 nitrogen and oxygen atoms in total. The van der Waals surface area contributed by atoms with Gasteiger partial charge < -0.3 is 10.2 Å². The molecule has 2 heteroatoms. The van der Waals surface area contributed by atoms with E-state index in [-0.39, 0.29) is 0 Å². The summed E-state index contributed by atoms with van der Waals surface area (Å²) in [6.45, 7) is 6.29. The van der Waals surface area contributed by atoms with E-state index in [1.54, 1.807) is 0 Å². The molecular weight excluding hydrogens is 256 g/mol. The van der Waals surface area contributed by atoms with Gasteiger partial charge in [0.05, 0.1) is 0 Å². The maximum atomic E-state index is 3.19. The molecule has 2 aromatic carbocycles. The number of hydrogen-bond acceptors (Lipinski definition) is 2. The largest absolute Gasteiger partial charge is 0.370 e. The van der Waals surface area contributed by atoms with Crippen molar-refractivity contribution in [1.82, 2.24) is 5.32 Å². The van der Waals surface area contributed by atoms with E-state index in [0.29, 0.717) is 0 Å². The van der Waals surface area contributed by atoms with E-state index in [1.165, 1.54) is 27.9 Å². The van der Waals surface area contributed by atoms with Crippen LogP contribution in [-0.2, 0) is 13.0 Å². The van der Waals surface area contributed by atoms with Crippen molar-refractivity contribution in [1.29, 1.82) is 0 Å². The number of likely N-dealkylation sites (N-methyl/N-ethyl adjacent to an activating group) is 1. The van der Waals surface area contributed by atoms with Crippen LogP contribution in [0.3, 0.4) is 0 Å². The lowest BCUT2D eigenvalue weighted by Crippen LogP contribution is -2.17. The number of nitrogens with one attached hydrogen (secondary N) is 1. The first-order valence-corrected chi connectivity index (χ1v) is 7.61. The van der Waals surface area contributed by atoms with Crippen LogP contribution in [0.1, 0.15) is 22.3 Å². The third-order valence-electron chi connectivity index (χ3n) is 3.87. The third-order valence-corrected chi connectivity index (χ3v) is 3.87. The summed E-state index contributed by atoms with van der Waals surface area (Å²) in [6, 6.07) is 15.6. The minimum Gasteiger partial charge on any atom is -0.370 e. The molecule has 1 N–H and O–H groups in total. The molecule has 0 amide bonds. The Morgan fingerprint density at radius 1 is 0.952 bits per heavy atom. The van der Waals surface area contributed by atoms with Crippen molar-refractivity contribution < 1.29 is 0 Å². The summed E-state index contributed by atoms with van der Waals surface area (Å²) in [5.74, 6) is 0. The topological polar surface area (TPSA) is 15.3 Å². The Balaban J connectivity index is 2.03. The van der Waals surface area contributed by atoms with Gasteiger partial charge in [0.1, 0.15) is 0 Å². The molecule has 0 heterocycles. The van der Waals surface area contributed by atoms with E-state index >= 15 is 0 Å². The maximum Gasteiger partial charge on any atom is 0.0426 e. The molecule has 0 fully saturated rings. The van der Waals surface area contributed by atoms with Crippen LogP contribution in [-0.4, -0.2) is 20.6 Å². The van der Waals surface area contributed by atoms with E-state index in [4.69, 9.17) is 0 Å². The van der Waals surface area contributed by atoms with Crippen LogP contribution >= 0.6 is 0 Å². The van der Waals surface area contributed by atoms with E-state index in [2.05, 4.69) is 73.6 Å². The summed E-state index contributed by atoms with van der Waals surface area (Å²) < 4.78 is 0. The van der Waals surface area contributed by atoms with Crippen molar-refractivity contribution in [2.75, 3.05) is 25.5 Å². The molecule has 0 aliphatic heterocycles. The van der Waals surface area contributed by atoms with Gasteiger partial charge in [0.15, 0.2) is 0 Å². The van der Waals surface area contributed by atoms with Crippen LogP contribution < -0.4 is 10.2 Å². The van der Waals surface area contributed by atoms with Gasteiger partial charge in [0, 0.05) is 19.3 Å². The fourth-order valence-corrected chi connectivity index (χ4v) is 2.67. The molecular formula is C19H26N2. The zero-order valence-corrected chi connectivity index (χ0v) is 13.6. The summed E-state index contributed by atoms with van der Waals surface area (Å²) in [5, 5.41) is 3.19. The Kier molecular flexibility index (Phi) is 5.40. The highest BCUT2D eigenvalue weighted by atomic mass is 15.1. The van der Waals surface area contributed by atoms with Gasteiger partial charge in [-0.3, -0.25) is 0 Å². The molecule has 0 saturated carbocycles. The Labute approximate surface area is 128 Å². The number of benzene rings is 2. The smallest absolute Gasteiger partial charge is 0.0426 e. The van der Waals surface area contributed by atoms with Crippen molar-refractivity contribution >= 4 is 5.69 Å². The van der Waals surface area contributed by atoms with Crippen molar-refractivity contribution in [2.45, 2.75) is 26.8 Å². The molecule has 0 atom stereocenters. The minimum absolute atomic E-state index is 0.941. The predicted octanol–water partition coefficient (Wildman–Crippen LogP) is 3.70. The van der Waals surface area contributed by atoms with E-state index in [1.807, 2.05) is 7.05 Å². The fraction of sp³-hybridized carbons (Fsp3) is 0.368. The van der Waals surface area contributed by atoms with Gasteiger partial charge in [-0.05, 0) is 56.6 Å². The molecule has 2 rings (SSSR count). The van der Waals surface area contributed by atoms with Crippen molar-refractivity contribution in [3.05, 3.63) is 64.7 Å². The lowest BCUT2D eigenvalue weighted by atomic mass is 10.1. The lowest BCUT2D eigenvalue weighted by Gasteiger charge is -2.22. The summed E-state index contributed by atoms with van der Waals surface area (Å²) in [7, 11) is 4.15. The highest BCUT2D eigenvalue weighted by Crippen LogP contribution is 2.21. The molecule has 0 radical (unpaired) electrons. The van der Waals surface area contributed by atoms with Gasteiger partial charge in [0.2, 0.25) is 0 Å². The van der Waals surface area contributed by atoms with Crippen molar-refractivity contribution in [3.8, 4) is 0 Å². The van der Waals surface area contributed by atoms with Gasteiger partial charge in [-0.1, -0.05) is 42.0 Å². The second kappa shape index (κ2) is 7.28. The number of aryl methyl sites for hydroxylation is 2. The average molecular weight is 282 g/mol. The summed E-state index contributed by atoms with van der Waals surface area (Å²) in [6.07, 6.45) is 1.09. The first kappa shape index (κ1) is 15.6. The second-order valence-electron chi connectivity index (χ2n) is 5.82. The second-order valence-corrected chi connectivity index (χ2v) is 5.82. The fourth-order valence-electron chi connectivity index (χ4n) is 2.67. The van der Waals surface area contributed by atoms with E-state index in [0.717, 1.165) is 19.5 Å². The molecule has 2 aromatic rings. The van der Waals surface area contributed by atoms with Gasteiger partial charge in [-0.15, -0.1) is 0 Å². The average Bonchev–Trinajstić information content (AvgIpc) is 2.46. The SMILES string of the molecule is CNCCc1ccc(CN(C)c2ccc(C)cc2C)cc1. The molecule has 21 heavy (non-hydrogen) atoms. The standard InChI is InChI=1S/C19H26N2/c1-15-5-10-19(16(2)13-15)21(4)14-18-8-6-17(7-9-18)11-12-20-3/h5-10,13,20H,11-12,14H2,1-4H3. The van der Waals surface area contributed by atoms with Crippen LogP contribution in [0.4, 0.5) is 5.69 Å². The number of rotatable bonds is 6. The maximum absolute atomic E-state index is 3.19. The number of anilines is 1. The highest BCUT2D eigenvalue weighted by Gasteiger charge is 2.05. The summed E-state index contributed by atoms with van der Waals surface area (Å²) in [5.41, 5.74) is 6.70. The van der Waals surface area contributed by atoms with Crippen LogP contribution in [0.25, 0.3) is 0 Å². The predicted molar refractivity (Wildman–Crippen MR) is 92.1 cm³/mol. The highest BCUT2D eigenvalue weighted by molar-refractivity contribution is 5.54. The van der Waals surface area contributed by atoms with E-state index < -0.39 is 0 Å². The van der Waals surface area contributed by atoms with Gasteiger partial charge in [-0.2, -0.15) is 0 Å². The molecule has 0 saturated heterocycles. The zero-order chi connectivity index (χ0) is 15.2. The summed E-state index contributed by atoms with van der Waals surface area (Å²) in [4.78, 5) is 2.32.